The highest BCUT2D eigenvalue weighted by atomic mass is 28.4. The molecule has 0 aliphatic carbocycles. The Morgan fingerprint density at radius 3 is 1.56 bits per heavy atom. The van der Waals surface area contributed by atoms with Crippen LogP contribution < -0.4 is 0 Å². The summed E-state index contributed by atoms with van der Waals surface area (Å²) in [5, 5.41) is 0. The van der Waals surface area contributed by atoms with Crippen molar-refractivity contribution in [1.82, 2.24) is 4.23 Å². The van der Waals surface area contributed by atoms with Gasteiger partial charge in [-0.05, 0) is 45.8 Å². The molecule has 5 nitrogen and oxygen atoms in total. The first-order valence-electron chi connectivity index (χ1n) is 8.85. The molecule has 0 aromatic heterocycles. The molecule has 0 saturated carbocycles. The van der Waals surface area contributed by atoms with Crippen LogP contribution in [0.3, 0.4) is 0 Å². The first kappa shape index (κ1) is 23.8. The third-order valence-electron chi connectivity index (χ3n) is 4.13. The molecule has 0 heterocycles. The molecule has 0 fully saturated rings. The molecule has 0 atom stereocenters. The van der Waals surface area contributed by atoms with E-state index in [9.17, 15) is 9.59 Å². The van der Waals surface area contributed by atoms with Gasteiger partial charge in [-0.2, -0.15) is 0 Å². The lowest BCUT2D eigenvalue weighted by Gasteiger charge is -2.37. The van der Waals surface area contributed by atoms with Gasteiger partial charge in [0.2, 0.25) is 0 Å². The molecule has 25 heavy (non-hydrogen) atoms. The third kappa shape index (κ3) is 10.4. The second-order valence-electron chi connectivity index (χ2n) is 7.55. The summed E-state index contributed by atoms with van der Waals surface area (Å²) in [6.45, 7) is 18.4. The van der Waals surface area contributed by atoms with E-state index in [1.165, 1.54) is 0 Å². The number of carbonyl (C=O) groups is 2. The first-order valence-corrected chi connectivity index (χ1v) is 14.4. The standard InChI is InChI=1S/C18H35NO4Si2/c1-15(2)17(20)22-11-9-13-24(19(5)25(6,7)8)14-10-12-23-18(21)16(3)4/h24H,1,3,9-14H2,2,4-8H3. The second-order valence-corrected chi connectivity index (χ2v) is 16.4. The Labute approximate surface area is 155 Å². The summed E-state index contributed by atoms with van der Waals surface area (Å²) < 4.78 is 13.0. The van der Waals surface area contributed by atoms with E-state index in [0.29, 0.717) is 24.4 Å². The Morgan fingerprint density at radius 1 is 0.920 bits per heavy atom. The molecule has 0 aliphatic rings. The summed E-state index contributed by atoms with van der Waals surface area (Å²) in [6, 6.07) is 2.16. The van der Waals surface area contributed by atoms with Crippen LogP contribution in [0.25, 0.3) is 0 Å². The van der Waals surface area contributed by atoms with E-state index < -0.39 is 17.2 Å². The topological polar surface area (TPSA) is 55.8 Å². The molecule has 0 amide bonds. The van der Waals surface area contributed by atoms with Gasteiger partial charge in [-0.3, -0.25) is 0 Å². The molecule has 0 saturated heterocycles. The molecule has 0 aromatic carbocycles. The van der Waals surface area contributed by atoms with E-state index in [1.807, 2.05) is 0 Å². The summed E-state index contributed by atoms with van der Waals surface area (Å²) in [5.41, 5.74) is 0.875. The highest BCUT2D eigenvalue weighted by Gasteiger charge is 2.27. The van der Waals surface area contributed by atoms with Crippen LogP contribution in [0.15, 0.2) is 24.3 Å². The van der Waals surface area contributed by atoms with E-state index in [2.05, 4.69) is 44.1 Å². The molecule has 144 valence electrons. The maximum absolute atomic E-state index is 11.4. The van der Waals surface area contributed by atoms with Crippen molar-refractivity contribution in [3.8, 4) is 0 Å². The van der Waals surface area contributed by atoms with E-state index in [1.54, 1.807) is 13.8 Å². The molecule has 0 radical (unpaired) electrons. The lowest BCUT2D eigenvalue weighted by Crippen LogP contribution is -2.52. The molecule has 0 aliphatic heterocycles. The Bertz CT molecular complexity index is 452. The van der Waals surface area contributed by atoms with Crippen LogP contribution in [0.2, 0.25) is 31.7 Å². The molecule has 7 heteroatoms. The lowest BCUT2D eigenvalue weighted by molar-refractivity contribution is -0.139. The van der Waals surface area contributed by atoms with Gasteiger partial charge in [-0.15, -0.1) is 0 Å². The highest BCUT2D eigenvalue weighted by Crippen LogP contribution is 2.17. The smallest absolute Gasteiger partial charge is 0.333 e. The van der Waals surface area contributed by atoms with Gasteiger partial charge in [0.1, 0.15) is 17.2 Å². The molecule has 0 bridgehead atoms. The minimum Gasteiger partial charge on any atom is -0.462 e. The molecule has 0 aromatic rings. The monoisotopic (exact) mass is 385 g/mol. The number of hydrogen-bond donors (Lipinski definition) is 0. The Hall–Kier alpha value is -1.19. The SMILES string of the molecule is C=C(C)C(=O)OCCC[SiH](CCCOC(=O)C(=C)C)N(C)[Si](C)(C)C. The largest absolute Gasteiger partial charge is 0.462 e. The van der Waals surface area contributed by atoms with E-state index >= 15 is 0 Å². The number of esters is 2. The molecular weight excluding hydrogens is 350 g/mol. The quantitative estimate of drug-likeness (QED) is 0.223. The number of carbonyl (C=O) groups excluding carboxylic acids is 2. The van der Waals surface area contributed by atoms with Gasteiger partial charge in [0.15, 0.2) is 0 Å². The normalized spacial score (nSPS) is 11.5. The van der Waals surface area contributed by atoms with Gasteiger partial charge in [0, 0.05) is 11.1 Å². The summed E-state index contributed by atoms with van der Waals surface area (Å²) >= 11 is 0. The van der Waals surface area contributed by atoms with Crippen LogP contribution >= 0.6 is 0 Å². The average Bonchev–Trinajstić information content (AvgIpc) is 2.50. The lowest BCUT2D eigenvalue weighted by atomic mass is 10.4. The van der Waals surface area contributed by atoms with E-state index in [0.717, 1.165) is 24.9 Å². The number of hydrogen-bond acceptors (Lipinski definition) is 5. The molecule has 0 unspecified atom stereocenters. The van der Waals surface area contributed by atoms with Crippen molar-refractivity contribution >= 4 is 29.1 Å². The summed E-state index contributed by atoms with van der Waals surface area (Å²) in [4.78, 5) is 22.9. The fourth-order valence-electron chi connectivity index (χ4n) is 2.29. The molecular formula is C18H35NO4Si2. The van der Waals surface area contributed by atoms with Crippen molar-refractivity contribution in [3.05, 3.63) is 24.3 Å². The summed E-state index contributed by atoms with van der Waals surface area (Å²) in [7, 11) is -0.307. The maximum Gasteiger partial charge on any atom is 0.333 e. The van der Waals surface area contributed by atoms with Gasteiger partial charge < -0.3 is 13.7 Å². The zero-order chi connectivity index (χ0) is 19.6. The number of ether oxygens (including phenoxy) is 2. The van der Waals surface area contributed by atoms with Crippen LogP contribution in [0, 0.1) is 0 Å². The zero-order valence-corrected chi connectivity index (χ0v) is 19.0. The Kier molecular flexibility index (Phi) is 10.9. The highest BCUT2D eigenvalue weighted by molar-refractivity contribution is 6.83. The van der Waals surface area contributed by atoms with Crippen LogP contribution in [0.1, 0.15) is 26.7 Å². The third-order valence-corrected chi connectivity index (χ3v) is 12.9. The van der Waals surface area contributed by atoms with Crippen LogP contribution in [0.5, 0.6) is 0 Å². The molecule has 0 rings (SSSR count). The minimum absolute atomic E-state index is 0.316. The van der Waals surface area contributed by atoms with Gasteiger partial charge >= 0.3 is 11.9 Å². The van der Waals surface area contributed by atoms with Gasteiger partial charge in [-0.1, -0.05) is 32.8 Å². The molecule has 0 spiro atoms. The van der Waals surface area contributed by atoms with Crippen molar-refractivity contribution in [2.24, 2.45) is 0 Å². The van der Waals surface area contributed by atoms with Gasteiger partial charge in [0.05, 0.1) is 13.2 Å². The fourth-order valence-corrected chi connectivity index (χ4v) is 9.79. The van der Waals surface area contributed by atoms with Gasteiger partial charge in [-0.25, -0.2) is 9.59 Å². The van der Waals surface area contributed by atoms with Crippen LogP contribution in [-0.4, -0.2) is 53.6 Å². The van der Waals surface area contributed by atoms with Crippen molar-refractivity contribution < 1.29 is 19.1 Å². The van der Waals surface area contributed by atoms with Crippen molar-refractivity contribution in [3.63, 3.8) is 0 Å². The average molecular weight is 386 g/mol. The van der Waals surface area contributed by atoms with Crippen molar-refractivity contribution in [2.75, 3.05) is 20.3 Å². The number of nitrogens with zero attached hydrogens (tertiary/aromatic N) is 1. The summed E-state index contributed by atoms with van der Waals surface area (Å²) in [6.07, 6.45) is 1.74. The predicted molar refractivity (Wildman–Crippen MR) is 109 cm³/mol. The first-order chi connectivity index (χ1) is 11.5. The Balaban J connectivity index is 4.42. The second kappa shape index (κ2) is 11.4. The zero-order valence-electron chi connectivity index (χ0n) is 16.8. The summed E-state index contributed by atoms with van der Waals surface area (Å²) in [5.74, 6) is -0.632. The molecule has 0 N–H and O–H groups in total. The Morgan fingerprint density at radius 2 is 1.28 bits per heavy atom. The van der Waals surface area contributed by atoms with E-state index in [-0.39, 0.29) is 11.9 Å². The maximum atomic E-state index is 11.4. The van der Waals surface area contributed by atoms with E-state index in [4.69, 9.17) is 9.47 Å². The van der Waals surface area contributed by atoms with Gasteiger partial charge in [0.25, 0.3) is 0 Å². The van der Waals surface area contributed by atoms with Crippen LogP contribution in [0.4, 0.5) is 0 Å². The fraction of sp³-hybridized carbons (Fsp3) is 0.667. The number of rotatable bonds is 12. The predicted octanol–water partition coefficient (Wildman–Crippen LogP) is 3.50. The minimum atomic E-state index is -1.37. The van der Waals surface area contributed by atoms with Crippen molar-refractivity contribution in [2.45, 2.75) is 58.4 Å². The van der Waals surface area contributed by atoms with Crippen molar-refractivity contribution in [1.29, 1.82) is 0 Å². The van der Waals surface area contributed by atoms with Crippen LogP contribution in [-0.2, 0) is 19.1 Å².